The van der Waals surface area contributed by atoms with Gasteiger partial charge in [-0.25, -0.2) is 9.97 Å². The first-order valence-electron chi connectivity index (χ1n) is 30.4. The van der Waals surface area contributed by atoms with E-state index < -0.39 is 0 Å². The van der Waals surface area contributed by atoms with E-state index in [1.165, 1.54) is 0 Å². The van der Waals surface area contributed by atoms with Crippen molar-refractivity contribution in [3.05, 3.63) is 315 Å². The van der Waals surface area contributed by atoms with Crippen LogP contribution in [0.15, 0.2) is 304 Å². The van der Waals surface area contributed by atoms with E-state index in [0.717, 1.165) is 161 Å². The van der Waals surface area contributed by atoms with Gasteiger partial charge in [0.15, 0.2) is 0 Å². The van der Waals surface area contributed by atoms with Gasteiger partial charge in [-0.3, -0.25) is 19.9 Å². The number of pyridine rings is 6. The first-order valence-corrected chi connectivity index (χ1v) is 30.4. The average molecular weight is 1170 g/mol. The van der Waals surface area contributed by atoms with Crippen LogP contribution in [0.5, 0.6) is 0 Å². The minimum Gasteiger partial charge on any atom is -0.255 e. The van der Waals surface area contributed by atoms with Crippen molar-refractivity contribution in [2.75, 3.05) is 0 Å². The van der Waals surface area contributed by atoms with Crippen molar-refractivity contribution in [1.29, 1.82) is 10.5 Å². The summed E-state index contributed by atoms with van der Waals surface area (Å²) in [7, 11) is 0. The Morgan fingerprint density at radius 2 is 0.652 bits per heavy atom. The average Bonchev–Trinajstić information content (AvgIpc) is 0.849. The van der Waals surface area contributed by atoms with Gasteiger partial charge in [0, 0.05) is 24.8 Å². The van der Waals surface area contributed by atoms with Crippen LogP contribution in [0.25, 0.3) is 167 Å². The summed E-state index contributed by atoms with van der Waals surface area (Å²) in [5.41, 5.74) is 21.9. The van der Waals surface area contributed by atoms with E-state index in [9.17, 15) is 10.5 Å². The summed E-state index contributed by atoms with van der Waals surface area (Å²) in [4.78, 5) is 29.6. The van der Waals surface area contributed by atoms with Gasteiger partial charge in [0.2, 0.25) is 0 Å². The predicted octanol–water partition coefficient (Wildman–Crippen LogP) is 20.7. The van der Waals surface area contributed by atoms with E-state index >= 15 is 0 Å². The normalized spacial score (nSPS) is 11.2. The number of nitriles is 2. The minimum atomic E-state index is 0.600. The Kier molecular flexibility index (Phi) is 13.8. The molecule has 10 aromatic carbocycles. The van der Waals surface area contributed by atoms with Crippen molar-refractivity contribution < 1.29 is 0 Å². The first kappa shape index (κ1) is 54.5. The van der Waals surface area contributed by atoms with Crippen molar-refractivity contribution in [1.82, 2.24) is 29.9 Å². The quantitative estimate of drug-likeness (QED) is 0.125. The van der Waals surface area contributed by atoms with Gasteiger partial charge in [-0.1, -0.05) is 146 Å². The summed E-state index contributed by atoms with van der Waals surface area (Å²) in [5.74, 6) is 0. The molecule has 6 aromatic heterocycles. The highest BCUT2D eigenvalue weighted by Crippen LogP contribution is 2.45. The van der Waals surface area contributed by atoms with Crippen molar-refractivity contribution in [3.8, 4) is 136 Å². The Balaban J connectivity index is 0.797. The maximum absolute atomic E-state index is 9.91. The van der Waals surface area contributed by atoms with Crippen molar-refractivity contribution >= 4 is 43.1 Å². The molecule has 0 bridgehead atoms. The molecule has 0 radical (unpaired) electrons. The summed E-state index contributed by atoms with van der Waals surface area (Å²) in [5, 5.41) is 28.4. The molecule has 0 aliphatic carbocycles. The van der Waals surface area contributed by atoms with Gasteiger partial charge < -0.3 is 0 Å². The molecule has 6 heterocycles. The molecule has 0 saturated carbocycles. The number of rotatable bonds is 11. The fourth-order valence-corrected chi connectivity index (χ4v) is 12.8. The van der Waals surface area contributed by atoms with E-state index in [-0.39, 0.29) is 0 Å². The highest BCUT2D eigenvalue weighted by Gasteiger charge is 2.20. The van der Waals surface area contributed by atoms with E-state index in [2.05, 4.69) is 210 Å². The minimum absolute atomic E-state index is 0.600. The molecule has 0 saturated heterocycles. The summed E-state index contributed by atoms with van der Waals surface area (Å²) in [6.07, 6.45) is 7.26. The summed E-state index contributed by atoms with van der Waals surface area (Å²) < 4.78 is 0. The largest absolute Gasteiger partial charge is 0.255 e. The number of nitrogens with zero attached hydrogens (tertiary/aromatic N) is 8. The third-order valence-corrected chi connectivity index (χ3v) is 17.3. The molecule has 0 aliphatic heterocycles. The summed E-state index contributed by atoms with van der Waals surface area (Å²) in [6.45, 7) is 0. The second-order valence-corrected chi connectivity index (χ2v) is 22.9. The smallest absolute Gasteiger partial charge is 0.0991 e. The zero-order chi connectivity index (χ0) is 61.5. The molecule has 0 fully saturated rings. The van der Waals surface area contributed by atoms with Crippen LogP contribution in [0.1, 0.15) is 11.1 Å². The fourth-order valence-electron chi connectivity index (χ4n) is 12.8. The van der Waals surface area contributed by atoms with Crippen LogP contribution in [0.4, 0.5) is 0 Å². The molecular weight excluding hydrogens is 1120 g/mol. The Morgan fingerprint density at radius 1 is 0.217 bits per heavy atom. The van der Waals surface area contributed by atoms with Gasteiger partial charge in [-0.15, -0.1) is 0 Å². The topological polar surface area (TPSA) is 125 Å². The molecule has 426 valence electrons. The lowest BCUT2D eigenvalue weighted by Gasteiger charge is -2.17. The molecule has 8 heteroatoms. The Hall–Kier alpha value is -12.9. The molecule has 0 spiro atoms. The number of aromatic nitrogens is 6. The Labute approximate surface area is 531 Å². The lowest BCUT2D eigenvalue weighted by Crippen LogP contribution is -1.95. The maximum Gasteiger partial charge on any atom is 0.0991 e. The molecule has 0 N–H and O–H groups in total. The fraction of sp³-hybridized carbons (Fsp3) is 0. The molecule has 0 atom stereocenters. The number of fused-ring (bicyclic) bond motifs is 4. The van der Waals surface area contributed by atoms with Gasteiger partial charge in [-0.2, -0.15) is 10.5 Å². The number of hydrogen-bond acceptors (Lipinski definition) is 8. The van der Waals surface area contributed by atoms with Gasteiger partial charge in [0.25, 0.3) is 0 Å². The van der Waals surface area contributed by atoms with Crippen LogP contribution < -0.4 is 0 Å². The lowest BCUT2D eigenvalue weighted by molar-refractivity contribution is 1.22. The Bertz CT molecular complexity index is 5580. The highest BCUT2D eigenvalue weighted by molar-refractivity contribution is 6.08. The van der Waals surface area contributed by atoms with Crippen molar-refractivity contribution in [3.63, 3.8) is 0 Å². The van der Waals surface area contributed by atoms with Gasteiger partial charge in [-0.05, 0) is 254 Å². The van der Waals surface area contributed by atoms with E-state index in [4.69, 9.17) is 19.9 Å². The number of benzene rings is 10. The standard InChI is InChI=1S/C84H50N8/c85-51-53-21-25-55(26-22-53)73-43-57-12-1-2-13-58(57)44-75(73)65-42-61-14-3-4-16-68(61)74(45-65)67-49-82(78-20-7-10-38-89-78)92-83(50-67)79-46-60(35-39-90-79)59-29-33-71-63(40-59)31-34-72(84(71)56-27-23-54(52-86)24-28-56)64-30-32-70-62(41-64)15-11-17-69(70)66-47-80(76-18-5-8-36-87-76)91-81(48-66)77-19-6-9-37-88-77/h1-50H. The molecular formula is C84H50N8. The summed E-state index contributed by atoms with van der Waals surface area (Å²) >= 11 is 0. The molecule has 0 amide bonds. The van der Waals surface area contributed by atoms with Crippen LogP contribution >= 0.6 is 0 Å². The molecule has 92 heavy (non-hydrogen) atoms. The Morgan fingerprint density at radius 3 is 1.26 bits per heavy atom. The SMILES string of the molecule is N#Cc1ccc(-c2cc3ccccc3cc2-c2cc(-c3cc(-c4ccccn4)nc(-c4cc(-c5ccc6c(-c7ccc(C#N)cc7)c(-c7ccc8c(-c9cc(-c%10ccccn%10)nc(-c%10ccccn%10)c9)cccc8c7)ccc6c5)ccn4)c3)c3ccccc3c2)cc1. The van der Waals surface area contributed by atoms with Gasteiger partial charge in [0.1, 0.15) is 0 Å². The monoisotopic (exact) mass is 1170 g/mol. The third kappa shape index (κ3) is 10.3. The zero-order valence-corrected chi connectivity index (χ0v) is 49.4. The lowest BCUT2D eigenvalue weighted by atomic mass is 9.87. The first-order chi connectivity index (χ1) is 45.4. The summed E-state index contributed by atoms with van der Waals surface area (Å²) in [6, 6.07) is 101. The predicted molar refractivity (Wildman–Crippen MR) is 372 cm³/mol. The van der Waals surface area contributed by atoms with E-state index in [1.54, 1.807) is 18.6 Å². The zero-order valence-electron chi connectivity index (χ0n) is 49.4. The molecule has 0 aliphatic rings. The van der Waals surface area contributed by atoms with Crippen LogP contribution in [-0.2, 0) is 0 Å². The van der Waals surface area contributed by atoms with Gasteiger partial charge >= 0.3 is 0 Å². The maximum atomic E-state index is 9.91. The van der Waals surface area contributed by atoms with Crippen LogP contribution in [-0.4, -0.2) is 29.9 Å². The van der Waals surface area contributed by atoms with Gasteiger partial charge in [0.05, 0.1) is 68.8 Å². The van der Waals surface area contributed by atoms with Crippen LogP contribution in [0, 0.1) is 22.7 Å². The third-order valence-electron chi connectivity index (χ3n) is 17.3. The number of hydrogen-bond donors (Lipinski definition) is 0. The molecule has 8 nitrogen and oxygen atoms in total. The van der Waals surface area contributed by atoms with Crippen molar-refractivity contribution in [2.45, 2.75) is 0 Å². The molecule has 0 unspecified atom stereocenters. The molecule has 16 rings (SSSR count). The highest BCUT2D eigenvalue weighted by atomic mass is 14.8. The van der Waals surface area contributed by atoms with Crippen LogP contribution in [0.3, 0.4) is 0 Å². The second kappa shape index (κ2) is 23.3. The van der Waals surface area contributed by atoms with Crippen molar-refractivity contribution in [2.24, 2.45) is 0 Å². The van der Waals surface area contributed by atoms with E-state index in [1.807, 2.05) is 97.2 Å². The van der Waals surface area contributed by atoms with E-state index in [0.29, 0.717) is 16.8 Å². The second-order valence-electron chi connectivity index (χ2n) is 22.9. The molecule has 16 aromatic rings. The van der Waals surface area contributed by atoms with Crippen LogP contribution in [0.2, 0.25) is 0 Å².